The zero-order valence-corrected chi connectivity index (χ0v) is 14.3. The van der Waals surface area contributed by atoms with E-state index in [0.29, 0.717) is 19.8 Å². The minimum Gasteiger partial charge on any atom is -0.350 e. The Morgan fingerprint density at radius 3 is 2.38 bits per heavy atom. The van der Waals surface area contributed by atoms with Crippen LogP contribution in [0.2, 0.25) is 0 Å². The molecule has 1 aromatic carbocycles. The molecule has 2 atom stereocenters. The van der Waals surface area contributed by atoms with Gasteiger partial charge in [0, 0.05) is 26.9 Å². The molecule has 2 rings (SSSR count). The molecule has 1 fully saturated rings. The highest BCUT2D eigenvalue weighted by atomic mass is 32.5. The molecule has 0 aliphatic carbocycles. The van der Waals surface area contributed by atoms with Crippen LogP contribution in [0.3, 0.4) is 0 Å². The van der Waals surface area contributed by atoms with Crippen molar-refractivity contribution >= 4 is 18.4 Å². The molecule has 0 amide bonds. The summed E-state index contributed by atoms with van der Waals surface area (Å²) in [5.74, 6) is 0. The summed E-state index contributed by atoms with van der Waals surface area (Å²) < 4.78 is 23.1. The lowest BCUT2D eigenvalue weighted by Gasteiger charge is -2.35. The molecule has 21 heavy (non-hydrogen) atoms. The Morgan fingerprint density at radius 2 is 1.90 bits per heavy atom. The smallest absolute Gasteiger partial charge is 0.262 e. The molecule has 0 aromatic heterocycles. The zero-order chi connectivity index (χ0) is 15.3. The molecule has 1 aromatic rings. The fourth-order valence-electron chi connectivity index (χ4n) is 2.35. The van der Waals surface area contributed by atoms with E-state index in [1.165, 1.54) is 0 Å². The second-order valence-corrected chi connectivity index (χ2v) is 7.91. The second-order valence-electron chi connectivity index (χ2n) is 4.60. The first-order valence-corrected chi connectivity index (χ1v) is 9.64. The van der Waals surface area contributed by atoms with E-state index in [4.69, 9.17) is 30.3 Å². The third-order valence-electron chi connectivity index (χ3n) is 3.34. The van der Waals surface area contributed by atoms with Crippen LogP contribution in [-0.2, 0) is 35.9 Å². The average molecular weight is 331 g/mol. The summed E-state index contributed by atoms with van der Waals surface area (Å²) in [5.41, 5.74) is 0.173. The molecule has 2 unspecified atom stereocenters. The second kappa shape index (κ2) is 7.29. The van der Waals surface area contributed by atoms with Gasteiger partial charge in [-0.05, 0) is 31.2 Å². The Morgan fingerprint density at radius 1 is 1.29 bits per heavy atom. The van der Waals surface area contributed by atoms with E-state index in [2.05, 4.69) is 5.09 Å². The van der Waals surface area contributed by atoms with Crippen molar-refractivity contribution in [2.24, 2.45) is 0 Å². The van der Waals surface area contributed by atoms with Crippen LogP contribution in [0.1, 0.15) is 19.4 Å². The van der Waals surface area contributed by atoms with Gasteiger partial charge in [-0.15, -0.1) is 0 Å². The minimum absolute atomic E-state index is 0.493. The Labute approximate surface area is 131 Å². The fraction of sp³-hybridized carbons (Fsp3) is 0.571. The fourth-order valence-corrected chi connectivity index (χ4v) is 4.33. The molecular weight excluding hydrogens is 309 g/mol. The van der Waals surface area contributed by atoms with Gasteiger partial charge in [-0.3, -0.25) is 4.52 Å². The van der Waals surface area contributed by atoms with Crippen molar-refractivity contribution in [3.63, 3.8) is 0 Å². The topological polar surface area (TPSA) is 49.0 Å². The predicted molar refractivity (Wildman–Crippen MR) is 85.5 cm³/mol. The Hall–Kier alpha value is -0.330. The lowest BCUT2D eigenvalue weighted by atomic mass is 9.93. The van der Waals surface area contributed by atoms with Crippen LogP contribution >= 0.6 is 6.64 Å². The van der Waals surface area contributed by atoms with Crippen LogP contribution in [0.15, 0.2) is 30.3 Å². The lowest BCUT2D eigenvalue weighted by molar-refractivity contribution is -0.221. The van der Waals surface area contributed by atoms with Crippen molar-refractivity contribution < 1.29 is 18.5 Å². The molecule has 1 saturated heterocycles. The Kier molecular flexibility index (Phi) is 5.91. The van der Waals surface area contributed by atoms with Crippen molar-refractivity contribution in [2.45, 2.75) is 25.7 Å². The molecule has 7 heteroatoms. The first-order chi connectivity index (χ1) is 10.1. The largest absolute Gasteiger partial charge is 0.350 e. The number of hydrogen-bond donors (Lipinski definition) is 1. The first kappa shape index (κ1) is 17.0. The quantitative estimate of drug-likeness (QED) is 0.612. The maximum absolute atomic E-state index is 6.18. The summed E-state index contributed by atoms with van der Waals surface area (Å²) in [4.78, 5) is 0. The van der Waals surface area contributed by atoms with Crippen LogP contribution < -0.4 is 5.09 Å². The number of benzene rings is 1. The van der Waals surface area contributed by atoms with E-state index in [9.17, 15) is 0 Å². The van der Waals surface area contributed by atoms with Gasteiger partial charge < -0.3 is 14.0 Å². The third kappa shape index (κ3) is 3.54. The maximum atomic E-state index is 6.18. The molecule has 1 aliphatic rings. The maximum Gasteiger partial charge on any atom is 0.262 e. The van der Waals surface area contributed by atoms with Gasteiger partial charge in [0.2, 0.25) is 0 Å². The summed E-state index contributed by atoms with van der Waals surface area (Å²) in [5, 5.41) is 3.19. The van der Waals surface area contributed by atoms with Gasteiger partial charge in [-0.1, -0.05) is 30.3 Å². The first-order valence-electron chi connectivity index (χ1n) is 7.00. The number of rotatable bonds is 7. The molecule has 0 radical (unpaired) electrons. The van der Waals surface area contributed by atoms with Gasteiger partial charge in [-0.25, -0.2) is 5.09 Å². The van der Waals surface area contributed by atoms with Crippen molar-refractivity contribution in [1.82, 2.24) is 5.09 Å². The van der Waals surface area contributed by atoms with Gasteiger partial charge >= 0.3 is 0 Å². The van der Waals surface area contributed by atoms with Gasteiger partial charge in [0.05, 0.1) is 0 Å². The summed E-state index contributed by atoms with van der Waals surface area (Å²) in [6, 6.07) is 9.87. The Bertz CT molecular complexity index is 495. The summed E-state index contributed by atoms with van der Waals surface area (Å²) >= 11 is 5.45. The highest BCUT2D eigenvalue weighted by Crippen LogP contribution is 2.57. The van der Waals surface area contributed by atoms with Crippen molar-refractivity contribution in [3.05, 3.63) is 35.9 Å². The van der Waals surface area contributed by atoms with E-state index in [1.807, 2.05) is 44.2 Å². The predicted octanol–water partition coefficient (Wildman–Crippen LogP) is 2.77. The van der Waals surface area contributed by atoms with Gasteiger partial charge in [0.15, 0.2) is 11.9 Å². The number of ether oxygens (including phenoxy) is 2. The zero-order valence-electron chi connectivity index (χ0n) is 12.6. The number of nitrogens with one attached hydrogen (secondary N) is 1. The van der Waals surface area contributed by atoms with E-state index >= 15 is 0 Å². The van der Waals surface area contributed by atoms with Gasteiger partial charge in [-0.2, -0.15) is 0 Å². The lowest BCUT2D eigenvalue weighted by Crippen LogP contribution is -2.46. The third-order valence-corrected chi connectivity index (χ3v) is 5.99. The van der Waals surface area contributed by atoms with Crippen LogP contribution in [0.25, 0.3) is 0 Å². The molecule has 0 bridgehead atoms. The van der Waals surface area contributed by atoms with Crippen molar-refractivity contribution in [3.8, 4) is 0 Å². The summed E-state index contributed by atoms with van der Waals surface area (Å²) in [7, 11) is 1.56. The van der Waals surface area contributed by atoms with Gasteiger partial charge in [0.25, 0.3) is 6.64 Å². The summed E-state index contributed by atoms with van der Waals surface area (Å²) in [6.07, 6.45) is -0.539. The summed E-state index contributed by atoms with van der Waals surface area (Å²) in [6.45, 7) is 2.89. The molecule has 118 valence electrons. The minimum atomic E-state index is -2.52. The number of hydrogen-bond acceptors (Lipinski definition) is 5. The molecule has 5 nitrogen and oxygen atoms in total. The van der Waals surface area contributed by atoms with Crippen LogP contribution in [0.4, 0.5) is 0 Å². The molecule has 0 spiro atoms. The molecule has 0 saturated carbocycles. The van der Waals surface area contributed by atoms with E-state index in [1.54, 1.807) is 7.11 Å². The van der Waals surface area contributed by atoms with E-state index in [-0.39, 0.29) is 0 Å². The molecule has 1 heterocycles. The van der Waals surface area contributed by atoms with Crippen molar-refractivity contribution in [2.75, 3.05) is 26.9 Å². The normalized spacial score (nSPS) is 29.1. The SMILES string of the molecule is CCOC(OCC)C1(c2ccccc2)CNP(=S)(OC)O1. The van der Waals surface area contributed by atoms with Crippen molar-refractivity contribution in [1.29, 1.82) is 0 Å². The molecule has 1 N–H and O–H groups in total. The van der Waals surface area contributed by atoms with Gasteiger partial charge in [0.1, 0.15) is 0 Å². The monoisotopic (exact) mass is 331 g/mol. The molecular formula is C14H22NO4PS. The van der Waals surface area contributed by atoms with Crippen LogP contribution in [0.5, 0.6) is 0 Å². The average Bonchev–Trinajstić information content (AvgIpc) is 2.88. The van der Waals surface area contributed by atoms with Crippen LogP contribution in [0, 0.1) is 0 Å². The van der Waals surface area contributed by atoms with E-state index < -0.39 is 18.5 Å². The van der Waals surface area contributed by atoms with Crippen LogP contribution in [-0.4, -0.2) is 33.2 Å². The van der Waals surface area contributed by atoms with E-state index in [0.717, 1.165) is 5.56 Å². The Balaban J connectivity index is 2.42. The highest BCUT2D eigenvalue weighted by Gasteiger charge is 2.52. The standard InChI is InChI=1S/C14H22NO4PS/c1-4-17-13(18-5-2)14(12-9-7-6-8-10-12)11-15-20(21,16-3)19-14/h6-10,13H,4-5,11H2,1-3H3,(H,15,21). The highest BCUT2D eigenvalue weighted by molar-refractivity contribution is 8.09. The molecule has 1 aliphatic heterocycles.